The van der Waals surface area contributed by atoms with E-state index in [4.69, 9.17) is 4.74 Å². The quantitative estimate of drug-likeness (QED) is 0.744. The van der Waals surface area contributed by atoms with Crippen LogP contribution in [0.15, 0.2) is 12.1 Å². The lowest BCUT2D eigenvalue weighted by Crippen LogP contribution is -2.51. The summed E-state index contributed by atoms with van der Waals surface area (Å²) in [6, 6.07) is 3.63. The highest BCUT2D eigenvalue weighted by Gasteiger charge is 2.25. The van der Waals surface area contributed by atoms with Gasteiger partial charge in [0.1, 0.15) is 5.60 Å². The van der Waals surface area contributed by atoms with Crippen molar-refractivity contribution in [2.24, 2.45) is 0 Å². The fourth-order valence-electron chi connectivity index (χ4n) is 2.70. The Hall–Kier alpha value is -2.13. The van der Waals surface area contributed by atoms with Crippen molar-refractivity contribution in [1.82, 2.24) is 20.4 Å². The average molecular weight is 411 g/mol. The van der Waals surface area contributed by atoms with Crippen molar-refractivity contribution in [3.8, 4) is 0 Å². The first kappa shape index (κ1) is 22.2. The van der Waals surface area contributed by atoms with Crippen LogP contribution in [-0.2, 0) is 16.1 Å². The molecule has 1 aliphatic heterocycles. The molecule has 2 heterocycles. The van der Waals surface area contributed by atoms with Crippen LogP contribution in [0.1, 0.15) is 42.2 Å². The first-order chi connectivity index (χ1) is 13.1. The molecule has 0 saturated carbocycles. The third kappa shape index (κ3) is 7.47. The minimum Gasteiger partial charge on any atom is -0.444 e. The van der Waals surface area contributed by atoms with Crippen molar-refractivity contribution in [3.63, 3.8) is 0 Å². The van der Waals surface area contributed by atoms with Crippen molar-refractivity contribution in [2.75, 3.05) is 39.3 Å². The second-order valence-corrected chi connectivity index (χ2v) is 8.91. The van der Waals surface area contributed by atoms with E-state index in [2.05, 4.69) is 15.5 Å². The molecule has 1 saturated heterocycles. The van der Waals surface area contributed by atoms with Crippen LogP contribution < -0.4 is 10.6 Å². The van der Waals surface area contributed by atoms with Crippen molar-refractivity contribution < 1.29 is 19.1 Å². The molecule has 156 valence electrons. The van der Waals surface area contributed by atoms with Crippen LogP contribution in [-0.4, -0.2) is 72.6 Å². The lowest BCUT2D eigenvalue weighted by molar-refractivity contribution is -0.119. The molecular formula is C19H30N4O4S. The normalized spacial score (nSPS) is 15.2. The number of amides is 3. The molecule has 0 spiro atoms. The Morgan fingerprint density at radius 2 is 1.79 bits per heavy atom. The Kier molecular flexibility index (Phi) is 7.82. The molecule has 8 nitrogen and oxygen atoms in total. The SMILES string of the molecule is CC(=O)NCc1ccc(C(=O)NCCN2CCN(C(=O)OC(C)(C)C)CC2)s1. The van der Waals surface area contributed by atoms with E-state index >= 15 is 0 Å². The second-order valence-electron chi connectivity index (χ2n) is 7.74. The van der Waals surface area contributed by atoms with Gasteiger partial charge in [-0.3, -0.25) is 14.5 Å². The molecule has 28 heavy (non-hydrogen) atoms. The van der Waals surface area contributed by atoms with Gasteiger partial charge >= 0.3 is 6.09 Å². The van der Waals surface area contributed by atoms with Gasteiger partial charge in [-0.05, 0) is 32.9 Å². The maximum absolute atomic E-state index is 12.2. The molecule has 3 amide bonds. The van der Waals surface area contributed by atoms with Crippen molar-refractivity contribution in [2.45, 2.75) is 39.8 Å². The Labute approximate surface area is 170 Å². The summed E-state index contributed by atoms with van der Waals surface area (Å²) in [6.07, 6.45) is -0.270. The highest BCUT2D eigenvalue weighted by atomic mass is 32.1. The van der Waals surface area contributed by atoms with E-state index in [1.165, 1.54) is 18.3 Å². The highest BCUT2D eigenvalue weighted by Crippen LogP contribution is 2.16. The van der Waals surface area contributed by atoms with E-state index < -0.39 is 5.60 Å². The van der Waals surface area contributed by atoms with Gasteiger partial charge in [-0.25, -0.2) is 4.79 Å². The van der Waals surface area contributed by atoms with Gasteiger partial charge < -0.3 is 20.3 Å². The predicted octanol–water partition coefficient (Wildman–Crippen LogP) is 1.67. The smallest absolute Gasteiger partial charge is 0.410 e. The lowest BCUT2D eigenvalue weighted by Gasteiger charge is -2.35. The number of nitrogens with one attached hydrogen (secondary N) is 2. The zero-order valence-electron chi connectivity index (χ0n) is 17.0. The number of carbonyl (C=O) groups excluding carboxylic acids is 3. The van der Waals surface area contributed by atoms with Crippen molar-refractivity contribution in [1.29, 1.82) is 0 Å². The predicted molar refractivity (Wildman–Crippen MR) is 108 cm³/mol. The number of piperazine rings is 1. The van der Waals surface area contributed by atoms with Gasteiger partial charge in [-0.2, -0.15) is 0 Å². The van der Waals surface area contributed by atoms with E-state index in [1.54, 1.807) is 11.0 Å². The second kappa shape index (κ2) is 9.88. The van der Waals surface area contributed by atoms with E-state index in [9.17, 15) is 14.4 Å². The van der Waals surface area contributed by atoms with Crippen LogP contribution in [0.4, 0.5) is 4.79 Å². The fraction of sp³-hybridized carbons (Fsp3) is 0.632. The Balaban J connectivity index is 1.67. The van der Waals surface area contributed by atoms with Gasteiger partial charge in [-0.1, -0.05) is 0 Å². The average Bonchev–Trinajstić information content (AvgIpc) is 3.08. The van der Waals surface area contributed by atoms with Crippen LogP contribution in [0, 0.1) is 0 Å². The molecule has 0 bridgehead atoms. The van der Waals surface area contributed by atoms with E-state index in [1.807, 2.05) is 26.8 Å². The van der Waals surface area contributed by atoms with E-state index in [0.717, 1.165) is 24.5 Å². The molecule has 0 aliphatic carbocycles. The van der Waals surface area contributed by atoms with Gasteiger partial charge in [0.15, 0.2) is 0 Å². The van der Waals surface area contributed by atoms with Crippen molar-refractivity contribution in [3.05, 3.63) is 21.9 Å². The summed E-state index contributed by atoms with van der Waals surface area (Å²) in [6.45, 7) is 11.5. The van der Waals surface area contributed by atoms with Gasteiger partial charge in [0, 0.05) is 51.1 Å². The highest BCUT2D eigenvalue weighted by molar-refractivity contribution is 7.14. The summed E-state index contributed by atoms with van der Waals surface area (Å²) < 4.78 is 5.40. The van der Waals surface area contributed by atoms with Gasteiger partial charge in [-0.15, -0.1) is 11.3 Å². The molecule has 1 fully saturated rings. The number of ether oxygens (including phenoxy) is 1. The van der Waals surface area contributed by atoms with E-state index in [-0.39, 0.29) is 17.9 Å². The van der Waals surface area contributed by atoms with Crippen LogP contribution in [0.2, 0.25) is 0 Å². The van der Waals surface area contributed by atoms with Crippen LogP contribution in [0.3, 0.4) is 0 Å². The monoisotopic (exact) mass is 410 g/mol. The number of rotatable bonds is 6. The summed E-state index contributed by atoms with van der Waals surface area (Å²) in [5.41, 5.74) is -0.484. The topological polar surface area (TPSA) is 91.0 Å². The molecule has 0 radical (unpaired) electrons. The van der Waals surface area contributed by atoms with Crippen molar-refractivity contribution >= 4 is 29.2 Å². The maximum Gasteiger partial charge on any atom is 0.410 e. The molecule has 1 aromatic rings. The summed E-state index contributed by atoms with van der Waals surface area (Å²) in [4.78, 5) is 40.8. The van der Waals surface area contributed by atoms with Crippen LogP contribution in [0.25, 0.3) is 0 Å². The standard InChI is InChI=1S/C19H30N4O4S/c1-14(24)21-13-15-5-6-16(28-15)17(25)20-7-8-22-9-11-23(12-10-22)18(26)27-19(2,3)4/h5-6H,7-13H2,1-4H3,(H,20,25)(H,21,24). The zero-order chi connectivity index (χ0) is 20.7. The molecule has 1 aromatic heterocycles. The number of nitrogens with zero attached hydrogens (tertiary/aromatic N) is 2. The Bertz CT molecular complexity index is 690. The number of hydrogen-bond acceptors (Lipinski definition) is 6. The van der Waals surface area contributed by atoms with Gasteiger partial charge in [0.25, 0.3) is 5.91 Å². The molecule has 2 rings (SSSR count). The molecule has 0 unspecified atom stereocenters. The summed E-state index contributed by atoms with van der Waals surface area (Å²) in [7, 11) is 0. The molecule has 0 atom stereocenters. The molecule has 0 aromatic carbocycles. The number of thiophene rings is 1. The lowest BCUT2D eigenvalue weighted by atomic mass is 10.2. The fourth-order valence-corrected chi connectivity index (χ4v) is 3.57. The molecule has 2 N–H and O–H groups in total. The van der Waals surface area contributed by atoms with Crippen LogP contribution >= 0.6 is 11.3 Å². The molecular weight excluding hydrogens is 380 g/mol. The molecule has 1 aliphatic rings. The summed E-state index contributed by atoms with van der Waals surface area (Å²) >= 11 is 1.38. The maximum atomic E-state index is 12.2. The Morgan fingerprint density at radius 3 is 2.39 bits per heavy atom. The Morgan fingerprint density at radius 1 is 1.11 bits per heavy atom. The van der Waals surface area contributed by atoms with E-state index in [0.29, 0.717) is 31.1 Å². The first-order valence-corrected chi connectivity index (χ1v) is 10.3. The first-order valence-electron chi connectivity index (χ1n) is 9.45. The summed E-state index contributed by atoms with van der Waals surface area (Å²) in [5, 5.41) is 5.65. The summed E-state index contributed by atoms with van der Waals surface area (Å²) in [5.74, 6) is -0.197. The number of carbonyl (C=O) groups is 3. The largest absolute Gasteiger partial charge is 0.444 e. The van der Waals surface area contributed by atoms with Gasteiger partial charge in [0.05, 0.1) is 11.4 Å². The third-order valence-corrected chi connectivity index (χ3v) is 5.22. The third-order valence-electron chi connectivity index (χ3n) is 4.13. The zero-order valence-corrected chi connectivity index (χ0v) is 17.9. The van der Waals surface area contributed by atoms with Gasteiger partial charge in [0.2, 0.25) is 5.91 Å². The number of hydrogen-bond donors (Lipinski definition) is 2. The van der Waals surface area contributed by atoms with Crippen LogP contribution in [0.5, 0.6) is 0 Å². The minimum absolute atomic E-state index is 0.0915. The molecule has 9 heteroatoms. The minimum atomic E-state index is -0.484.